The zero-order chi connectivity index (χ0) is 14.5. The highest BCUT2D eigenvalue weighted by Crippen LogP contribution is 2.26. The summed E-state index contributed by atoms with van der Waals surface area (Å²) < 4.78 is 1.21. The molecule has 1 aromatic rings. The maximum absolute atomic E-state index is 3.72. The molecule has 1 fully saturated rings. The summed E-state index contributed by atoms with van der Waals surface area (Å²) in [5, 5.41) is 3.38. The summed E-state index contributed by atoms with van der Waals surface area (Å²) in [6.45, 7) is 9.86. The first-order valence-electron chi connectivity index (χ1n) is 7.56. The number of hydrogen-bond donors (Lipinski definition) is 1. The van der Waals surface area contributed by atoms with Gasteiger partial charge in [-0.2, -0.15) is 0 Å². The van der Waals surface area contributed by atoms with E-state index in [4.69, 9.17) is 0 Å². The van der Waals surface area contributed by atoms with Crippen LogP contribution >= 0.6 is 15.9 Å². The van der Waals surface area contributed by atoms with E-state index < -0.39 is 0 Å². The second-order valence-electron chi connectivity index (χ2n) is 5.71. The van der Waals surface area contributed by atoms with Crippen molar-refractivity contribution in [2.45, 2.75) is 32.9 Å². The average molecular weight is 340 g/mol. The van der Waals surface area contributed by atoms with Gasteiger partial charge in [-0.3, -0.25) is 0 Å². The fraction of sp³-hybridized carbons (Fsp3) is 0.625. The summed E-state index contributed by atoms with van der Waals surface area (Å²) in [7, 11) is 2.22. The molecule has 2 rings (SSSR count). The number of benzene rings is 1. The third-order valence-corrected chi connectivity index (χ3v) is 4.72. The molecule has 1 atom stereocenters. The van der Waals surface area contributed by atoms with E-state index in [9.17, 15) is 0 Å². The van der Waals surface area contributed by atoms with E-state index in [2.05, 4.69) is 70.1 Å². The summed E-state index contributed by atoms with van der Waals surface area (Å²) in [5.41, 5.74) is 2.66. The maximum Gasteiger partial charge on any atom is 0.0388 e. The molecule has 20 heavy (non-hydrogen) atoms. The standard InChI is InChI=1S/C16H26BrN3/c1-4-18-11-14-6-7-15(10-16(14)17)20-9-5-8-19(3)12-13(20)2/h6-7,10,13,18H,4-5,8-9,11-12H2,1-3H3. The molecule has 1 aromatic carbocycles. The molecule has 3 nitrogen and oxygen atoms in total. The van der Waals surface area contributed by atoms with Crippen LogP contribution in [0.2, 0.25) is 0 Å². The largest absolute Gasteiger partial charge is 0.367 e. The molecule has 0 bridgehead atoms. The lowest BCUT2D eigenvalue weighted by atomic mass is 10.1. The van der Waals surface area contributed by atoms with Gasteiger partial charge in [-0.1, -0.05) is 28.9 Å². The lowest BCUT2D eigenvalue weighted by Gasteiger charge is -2.30. The van der Waals surface area contributed by atoms with Crippen molar-refractivity contribution in [1.29, 1.82) is 0 Å². The quantitative estimate of drug-likeness (QED) is 0.909. The van der Waals surface area contributed by atoms with Gasteiger partial charge in [0.05, 0.1) is 0 Å². The first-order valence-corrected chi connectivity index (χ1v) is 8.35. The van der Waals surface area contributed by atoms with Crippen LogP contribution in [0.25, 0.3) is 0 Å². The molecular formula is C16H26BrN3. The maximum atomic E-state index is 3.72. The van der Waals surface area contributed by atoms with Crippen LogP contribution in [0, 0.1) is 0 Å². The first-order chi connectivity index (χ1) is 9.61. The normalized spacial score (nSPS) is 21.0. The molecule has 0 aromatic heterocycles. The van der Waals surface area contributed by atoms with Crippen molar-refractivity contribution in [2.24, 2.45) is 0 Å². The Labute approximate surface area is 131 Å². The van der Waals surface area contributed by atoms with Gasteiger partial charge in [-0.15, -0.1) is 0 Å². The third kappa shape index (κ3) is 3.96. The Balaban J connectivity index is 2.13. The van der Waals surface area contributed by atoms with E-state index in [-0.39, 0.29) is 0 Å². The van der Waals surface area contributed by atoms with Crippen LogP contribution in [0.15, 0.2) is 22.7 Å². The van der Waals surface area contributed by atoms with Crippen molar-refractivity contribution >= 4 is 21.6 Å². The zero-order valence-corrected chi connectivity index (χ0v) is 14.4. The number of halogens is 1. The molecule has 0 saturated carbocycles. The van der Waals surface area contributed by atoms with Crippen LogP contribution in [0.3, 0.4) is 0 Å². The molecular weight excluding hydrogens is 314 g/mol. The summed E-state index contributed by atoms with van der Waals surface area (Å²) in [6.07, 6.45) is 1.23. The van der Waals surface area contributed by atoms with Gasteiger partial charge < -0.3 is 15.1 Å². The molecule has 0 radical (unpaired) electrons. The highest BCUT2D eigenvalue weighted by atomic mass is 79.9. The topological polar surface area (TPSA) is 18.5 Å². The van der Waals surface area contributed by atoms with Gasteiger partial charge in [0, 0.05) is 35.8 Å². The summed E-state index contributed by atoms with van der Waals surface area (Å²) in [6, 6.07) is 7.34. The molecule has 0 amide bonds. The van der Waals surface area contributed by atoms with Crippen LogP contribution < -0.4 is 10.2 Å². The van der Waals surface area contributed by atoms with Gasteiger partial charge in [-0.05, 0) is 51.2 Å². The van der Waals surface area contributed by atoms with Gasteiger partial charge in [0.1, 0.15) is 0 Å². The first kappa shape index (κ1) is 15.8. The highest BCUT2D eigenvalue weighted by molar-refractivity contribution is 9.10. The Hall–Kier alpha value is -0.580. The summed E-state index contributed by atoms with van der Waals surface area (Å²) in [5.74, 6) is 0. The Morgan fingerprint density at radius 2 is 2.15 bits per heavy atom. The van der Waals surface area contributed by atoms with E-state index >= 15 is 0 Å². The SMILES string of the molecule is CCNCc1ccc(N2CCCN(C)CC2C)cc1Br. The van der Waals surface area contributed by atoms with Crippen molar-refractivity contribution < 1.29 is 0 Å². The number of nitrogens with zero attached hydrogens (tertiary/aromatic N) is 2. The predicted octanol–water partition coefficient (Wildman–Crippen LogP) is 3.09. The van der Waals surface area contributed by atoms with Crippen LogP contribution in [0.4, 0.5) is 5.69 Å². The summed E-state index contributed by atoms with van der Waals surface area (Å²) >= 11 is 3.72. The Bertz CT molecular complexity index is 436. The van der Waals surface area contributed by atoms with Gasteiger partial charge >= 0.3 is 0 Å². The van der Waals surface area contributed by atoms with E-state index in [0.29, 0.717) is 6.04 Å². The Morgan fingerprint density at radius 3 is 2.85 bits per heavy atom. The minimum Gasteiger partial charge on any atom is -0.367 e. The minimum atomic E-state index is 0.564. The van der Waals surface area contributed by atoms with Crippen LogP contribution in [0.1, 0.15) is 25.8 Å². The van der Waals surface area contributed by atoms with Crippen LogP contribution in [-0.2, 0) is 6.54 Å². The van der Waals surface area contributed by atoms with E-state index in [1.165, 1.54) is 28.7 Å². The van der Waals surface area contributed by atoms with Gasteiger partial charge in [0.15, 0.2) is 0 Å². The van der Waals surface area contributed by atoms with Crippen molar-refractivity contribution in [2.75, 3.05) is 38.1 Å². The third-order valence-electron chi connectivity index (χ3n) is 3.98. The van der Waals surface area contributed by atoms with Crippen LogP contribution in [0.5, 0.6) is 0 Å². The number of rotatable bonds is 4. The fourth-order valence-corrected chi connectivity index (χ4v) is 3.38. The van der Waals surface area contributed by atoms with Gasteiger partial charge in [-0.25, -0.2) is 0 Å². The number of likely N-dealkylation sites (N-methyl/N-ethyl adjacent to an activating group) is 1. The van der Waals surface area contributed by atoms with Gasteiger partial charge in [0.25, 0.3) is 0 Å². The molecule has 1 saturated heterocycles. The Kier molecular flexibility index (Phi) is 5.87. The van der Waals surface area contributed by atoms with Gasteiger partial charge in [0.2, 0.25) is 0 Å². The highest BCUT2D eigenvalue weighted by Gasteiger charge is 2.20. The molecule has 1 aliphatic rings. The number of anilines is 1. The summed E-state index contributed by atoms with van der Waals surface area (Å²) in [4.78, 5) is 4.96. The molecule has 1 heterocycles. The average Bonchev–Trinajstić information content (AvgIpc) is 2.58. The molecule has 112 valence electrons. The Morgan fingerprint density at radius 1 is 1.35 bits per heavy atom. The second kappa shape index (κ2) is 7.43. The van der Waals surface area contributed by atoms with Crippen molar-refractivity contribution in [1.82, 2.24) is 10.2 Å². The fourth-order valence-electron chi connectivity index (χ4n) is 2.87. The zero-order valence-electron chi connectivity index (χ0n) is 12.8. The molecule has 0 spiro atoms. The molecule has 4 heteroatoms. The lowest BCUT2D eigenvalue weighted by molar-refractivity contribution is 0.337. The minimum absolute atomic E-state index is 0.564. The lowest BCUT2D eigenvalue weighted by Crippen LogP contribution is -2.37. The van der Waals surface area contributed by atoms with E-state index in [0.717, 1.165) is 26.2 Å². The monoisotopic (exact) mass is 339 g/mol. The predicted molar refractivity (Wildman–Crippen MR) is 90.4 cm³/mol. The van der Waals surface area contributed by atoms with Crippen molar-refractivity contribution in [3.8, 4) is 0 Å². The smallest absolute Gasteiger partial charge is 0.0388 e. The van der Waals surface area contributed by atoms with E-state index in [1.807, 2.05) is 0 Å². The number of nitrogens with one attached hydrogen (secondary N) is 1. The van der Waals surface area contributed by atoms with E-state index in [1.54, 1.807) is 0 Å². The molecule has 0 aliphatic carbocycles. The number of hydrogen-bond acceptors (Lipinski definition) is 3. The van der Waals surface area contributed by atoms with Crippen LogP contribution in [-0.4, -0.2) is 44.2 Å². The van der Waals surface area contributed by atoms with Crippen molar-refractivity contribution in [3.63, 3.8) is 0 Å². The van der Waals surface area contributed by atoms with Crippen molar-refractivity contribution in [3.05, 3.63) is 28.2 Å². The molecule has 1 N–H and O–H groups in total. The molecule has 1 aliphatic heterocycles. The molecule has 1 unspecified atom stereocenters. The second-order valence-corrected chi connectivity index (χ2v) is 6.57.